The van der Waals surface area contributed by atoms with E-state index >= 15 is 0 Å². The van der Waals surface area contributed by atoms with E-state index < -0.39 is 5.97 Å². The maximum atomic E-state index is 12.1. The highest BCUT2D eigenvalue weighted by molar-refractivity contribution is 7.94. The summed E-state index contributed by atoms with van der Waals surface area (Å²) in [5.41, 5.74) is 14.2. The lowest BCUT2D eigenvalue weighted by molar-refractivity contribution is -0.432. The van der Waals surface area contributed by atoms with E-state index in [0.29, 0.717) is 95.6 Å². The van der Waals surface area contributed by atoms with E-state index in [1.54, 1.807) is 72.8 Å². The van der Waals surface area contributed by atoms with Crippen molar-refractivity contribution in [3.05, 3.63) is 137 Å². The number of carbonyl (C=O) groups is 1. The zero-order valence-electron chi connectivity index (χ0n) is 36.8. The summed E-state index contributed by atoms with van der Waals surface area (Å²) in [6.45, 7) is 7.63. The Morgan fingerprint density at radius 3 is 2.03 bits per heavy atom. The van der Waals surface area contributed by atoms with E-state index in [1.165, 1.54) is 16.9 Å². The number of aromatic nitrogens is 3. The predicted octanol–water partition coefficient (Wildman–Crippen LogP) is 13.3. The molecule has 7 N–H and O–H groups in total. The molecule has 0 bridgehead atoms. The van der Waals surface area contributed by atoms with Crippen molar-refractivity contribution in [2.24, 2.45) is 30.7 Å². The van der Waals surface area contributed by atoms with Crippen LogP contribution in [0.15, 0.2) is 150 Å². The van der Waals surface area contributed by atoms with Crippen molar-refractivity contribution in [1.82, 2.24) is 15.0 Å². The Morgan fingerprint density at radius 1 is 0.681 bits per heavy atom. The number of nitrogens with two attached hydrogens (primary N) is 1. The lowest BCUT2D eigenvalue weighted by Gasteiger charge is -2.12. The molecule has 0 atom stereocenters. The first kappa shape index (κ1) is 47.6. The molecule has 0 aliphatic carbocycles. The lowest BCUT2D eigenvalue weighted by Crippen LogP contribution is -2.08. The number of phenolic OH excluding ortho intramolecular Hbond substituents is 1. The number of aromatic carboxylic acids is 1. The van der Waals surface area contributed by atoms with Gasteiger partial charge in [-0.15, -0.1) is 28.8 Å². The van der Waals surface area contributed by atoms with Gasteiger partial charge in [-0.3, -0.25) is 0 Å². The largest absolute Gasteiger partial charge is 0.505 e. The van der Waals surface area contributed by atoms with Gasteiger partial charge in [0.05, 0.1) is 63.0 Å². The van der Waals surface area contributed by atoms with Crippen molar-refractivity contribution < 1.29 is 49.0 Å². The van der Waals surface area contributed by atoms with Crippen LogP contribution in [-0.4, -0.2) is 48.4 Å². The summed E-state index contributed by atoms with van der Waals surface area (Å²) < 4.78 is 14.9. The van der Waals surface area contributed by atoms with Crippen molar-refractivity contribution in [3.8, 4) is 17.2 Å². The molecule has 7 aromatic carbocycles. The Morgan fingerprint density at radius 2 is 1.32 bits per heavy atom. The standard InChI is InChI=1S/C46H39N11O10S2/c1-24-15-31(8-13-36(24)50-52-39-22-41-40(18-27(39)4)55-57(56-41)42-14-11-33(68-66-64-61)21-35(42)46(59)60)49-51-37-16-26(3)38(17-25(37)2)53-54-44-43(69-67-65-62)20-28-19-30(7-12-34(28)45(44)58)48-23-63-32-9-5-29(47)6-10-32/h5-22,48,58,61-62H,23,47H2,1-4H3,(H,59,60). The van der Waals surface area contributed by atoms with Crippen LogP contribution in [0.3, 0.4) is 0 Å². The topological polar surface area (TPSA) is 287 Å². The molecule has 0 aliphatic rings. The van der Waals surface area contributed by atoms with Gasteiger partial charge in [0.1, 0.15) is 28.2 Å². The molecule has 0 fully saturated rings. The fourth-order valence-electron chi connectivity index (χ4n) is 6.82. The number of phenols is 1. The number of aryl methyl sites for hydroxylation is 4. The van der Waals surface area contributed by atoms with Crippen LogP contribution in [-0.2, 0) is 18.7 Å². The second-order valence-electron chi connectivity index (χ2n) is 15.1. The second kappa shape index (κ2) is 21.4. The highest BCUT2D eigenvalue weighted by Gasteiger charge is 2.19. The monoisotopic (exact) mass is 969 g/mol. The van der Waals surface area contributed by atoms with E-state index in [9.17, 15) is 15.0 Å². The SMILES string of the molecule is Cc1cc(N=Nc2c(SOOO)cc3cc(NCOc4ccc(N)cc4)ccc3c2O)c(C)cc1N=Nc1ccc(N=Nc2cc3nn(-c4ccc(SOOO)cc4C(=O)O)nc3cc2C)c(C)c1. The summed E-state index contributed by atoms with van der Waals surface area (Å²) >= 11 is 1.28. The predicted molar refractivity (Wildman–Crippen MR) is 257 cm³/mol. The average Bonchev–Trinajstić information content (AvgIpc) is 3.75. The zero-order valence-corrected chi connectivity index (χ0v) is 38.4. The number of nitrogen functional groups attached to an aromatic ring is 1. The molecule has 0 unspecified atom stereocenters. The minimum absolute atomic E-state index is 0.0940. The number of azo groups is 3. The molecule has 69 heavy (non-hydrogen) atoms. The molecule has 0 aliphatic heterocycles. The van der Waals surface area contributed by atoms with E-state index in [1.807, 2.05) is 52.0 Å². The number of rotatable bonds is 18. The molecule has 0 saturated carbocycles. The molecular weight excluding hydrogens is 931 g/mol. The normalized spacial score (nSPS) is 11.8. The molecule has 1 aromatic heterocycles. The number of hydrogen-bond acceptors (Lipinski definition) is 21. The number of benzene rings is 7. The van der Waals surface area contributed by atoms with Crippen LogP contribution in [0.5, 0.6) is 11.5 Å². The molecule has 350 valence electrons. The van der Waals surface area contributed by atoms with Gasteiger partial charge in [0.2, 0.25) is 0 Å². The van der Waals surface area contributed by atoms with Crippen LogP contribution < -0.4 is 15.8 Å². The molecular formula is C46H39N11O10S2. The van der Waals surface area contributed by atoms with Crippen molar-refractivity contribution in [2.45, 2.75) is 37.5 Å². The van der Waals surface area contributed by atoms with Crippen molar-refractivity contribution in [3.63, 3.8) is 0 Å². The van der Waals surface area contributed by atoms with E-state index in [2.05, 4.69) is 60.6 Å². The number of hydrogen-bond donors (Lipinski definition) is 6. The van der Waals surface area contributed by atoms with Gasteiger partial charge in [-0.05, 0) is 165 Å². The zero-order chi connectivity index (χ0) is 48.6. The fourth-order valence-corrected chi connectivity index (χ4v) is 7.71. The molecule has 1 heterocycles. The van der Waals surface area contributed by atoms with Crippen LogP contribution in [0.2, 0.25) is 0 Å². The number of ether oxygens (including phenoxy) is 1. The summed E-state index contributed by atoms with van der Waals surface area (Å²) in [6.07, 6.45) is 0. The van der Waals surface area contributed by atoms with Gasteiger partial charge < -0.3 is 26.0 Å². The number of fused-ring (bicyclic) bond motifs is 2. The Labute approximate surface area is 400 Å². The maximum Gasteiger partial charge on any atom is 0.338 e. The Kier molecular flexibility index (Phi) is 14.8. The van der Waals surface area contributed by atoms with E-state index in [4.69, 9.17) is 25.3 Å². The Balaban J connectivity index is 0.951. The summed E-state index contributed by atoms with van der Waals surface area (Å²) in [5.74, 6) is -0.726. The van der Waals surface area contributed by atoms with Crippen molar-refractivity contribution in [1.29, 1.82) is 0 Å². The van der Waals surface area contributed by atoms with Gasteiger partial charge in [-0.1, -0.05) is 10.1 Å². The van der Waals surface area contributed by atoms with E-state index in [-0.39, 0.29) is 29.4 Å². The number of nitrogens with one attached hydrogen (secondary N) is 1. The number of anilines is 2. The highest BCUT2D eigenvalue weighted by atomic mass is 32.2. The van der Waals surface area contributed by atoms with E-state index in [0.717, 1.165) is 27.9 Å². The van der Waals surface area contributed by atoms with Gasteiger partial charge in [0.25, 0.3) is 0 Å². The molecule has 0 saturated heterocycles. The van der Waals surface area contributed by atoms with Crippen molar-refractivity contribution in [2.75, 3.05) is 17.8 Å². The first-order chi connectivity index (χ1) is 33.4. The molecule has 23 heteroatoms. The first-order valence-corrected chi connectivity index (χ1v) is 21.9. The average molecular weight is 970 g/mol. The first-order valence-electron chi connectivity index (χ1n) is 20.4. The summed E-state index contributed by atoms with van der Waals surface area (Å²) in [6, 6.07) is 31.1. The number of aromatic hydroxyl groups is 1. The number of carboxylic acid groups (broad SMARTS) is 1. The number of carboxylic acids is 1. The third-order valence-electron chi connectivity index (χ3n) is 10.4. The minimum Gasteiger partial charge on any atom is -0.505 e. The molecule has 8 rings (SSSR count). The van der Waals surface area contributed by atoms with Crippen LogP contribution in [0.25, 0.3) is 27.5 Å². The van der Waals surface area contributed by atoms with Gasteiger partial charge in [-0.2, -0.15) is 25.6 Å². The maximum absolute atomic E-state index is 12.1. The van der Waals surface area contributed by atoms with Crippen molar-refractivity contribution >= 4 is 97.4 Å². The van der Waals surface area contributed by atoms with Crippen LogP contribution in [0.1, 0.15) is 32.6 Å². The summed E-state index contributed by atoms with van der Waals surface area (Å²) in [7, 11) is 0. The van der Waals surface area contributed by atoms with Crippen LogP contribution >= 0.6 is 24.1 Å². The summed E-state index contributed by atoms with van der Waals surface area (Å²) in [4.78, 5) is 14.0. The molecule has 21 nitrogen and oxygen atoms in total. The third kappa shape index (κ3) is 11.3. The molecule has 0 radical (unpaired) electrons. The summed E-state index contributed by atoms with van der Waals surface area (Å²) in [5, 5.41) is 86.2. The van der Waals surface area contributed by atoms with Crippen LogP contribution in [0, 0.1) is 27.7 Å². The lowest BCUT2D eigenvalue weighted by atomic mass is 10.1. The van der Waals surface area contributed by atoms with Gasteiger partial charge in [0, 0.05) is 21.7 Å². The molecule has 8 aromatic rings. The highest BCUT2D eigenvalue weighted by Crippen LogP contribution is 2.45. The van der Waals surface area contributed by atoms with Gasteiger partial charge >= 0.3 is 5.97 Å². The second-order valence-corrected chi connectivity index (χ2v) is 16.6. The van der Waals surface area contributed by atoms with Gasteiger partial charge in [0.15, 0.2) is 12.5 Å². The number of nitrogens with zero attached hydrogens (tertiary/aromatic N) is 9. The van der Waals surface area contributed by atoms with Crippen LogP contribution in [0.4, 0.5) is 45.5 Å². The Hall–Kier alpha value is -7.87. The quantitative estimate of drug-likeness (QED) is 0.0116. The molecule has 0 spiro atoms. The third-order valence-corrected chi connectivity index (χ3v) is 11.6. The smallest absolute Gasteiger partial charge is 0.338 e. The molecule has 0 amide bonds. The van der Waals surface area contributed by atoms with Gasteiger partial charge in [-0.25, -0.2) is 15.3 Å². The minimum atomic E-state index is -1.21. The fraction of sp³-hybridized carbons (Fsp3) is 0.109. The Bertz CT molecular complexity index is 3320.